The first-order chi connectivity index (χ1) is 10.0. The van der Waals surface area contributed by atoms with Gasteiger partial charge in [-0.3, -0.25) is 4.79 Å². The van der Waals surface area contributed by atoms with Gasteiger partial charge < -0.3 is 5.32 Å². The first kappa shape index (κ1) is 14.4. The van der Waals surface area contributed by atoms with E-state index >= 15 is 0 Å². The third kappa shape index (κ3) is 3.07. The molecule has 0 radical (unpaired) electrons. The topological polar surface area (TPSA) is 29.1 Å². The average Bonchev–Trinajstić information content (AvgIpc) is 2.76. The number of halogens is 2. The summed E-state index contributed by atoms with van der Waals surface area (Å²) in [4.78, 5) is 11.4. The van der Waals surface area contributed by atoms with Crippen LogP contribution in [-0.4, -0.2) is 5.91 Å². The van der Waals surface area contributed by atoms with E-state index in [1.165, 1.54) is 11.1 Å². The van der Waals surface area contributed by atoms with Gasteiger partial charge in [0.1, 0.15) is 0 Å². The Morgan fingerprint density at radius 2 is 2.10 bits per heavy atom. The minimum Gasteiger partial charge on any atom is -0.325 e. The first-order valence-corrected chi connectivity index (χ1v) is 7.66. The molecule has 1 amide bonds. The zero-order valence-electron chi connectivity index (χ0n) is 11.6. The number of carbonyl (C=O) groups excluding carboxylic acids is 1. The molecule has 1 aliphatic rings. The zero-order chi connectivity index (χ0) is 15.0. The molecule has 1 atom stereocenters. The maximum absolute atomic E-state index is 11.4. The molecule has 1 N–H and O–H groups in total. The third-order valence-electron chi connectivity index (χ3n) is 3.68. The van der Waals surface area contributed by atoms with Crippen LogP contribution < -0.4 is 5.32 Å². The van der Waals surface area contributed by atoms with Crippen LogP contribution in [0.3, 0.4) is 0 Å². The highest BCUT2D eigenvalue weighted by Crippen LogP contribution is 2.36. The molecule has 0 saturated heterocycles. The van der Waals surface area contributed by atoms with Gasteiger partial charge in [-0.15, -0.1) is 11.6 Å². The van der Waals surface area contributed by atoms with Crippen molar-refractivity contribution in [2.24, 2.45) is 0 Å². The first-order valence-electron chi connectivity index (χ1n) is 6.84. The lowest BCUT2D eigenvalue weighted by Crippen LogP contribution is -2.03. The molecule has 0 aliphatic carbocycles. The summed E-state index contributed by atoms with van der Waals surface area (Å²) in [5.74, 6) is 0.00280. The van der Waals surface area contributed by atoms with Crippen molar-refractivity contribution < 1.29 is 4.79 Å². The number of fused-ring (bicyclic) bond motifs is 1. The van der Waals surface area contributed by atoms with Crippen molar-refractivity contribution in [1.29, 1.82) is 0 Å². The van der Waals surface area contributed by atoms with Crippen LogP contribution in [0.2, 0.25) is 5.02 Å². The van der Waals surface area contributed by atoms with Crippen LogP contribution in [0.1, 0.15) is 27.6 Å². The lowest BCUT2D eigenvalue weighted by atomic mass is 10.00. The molecule has 1 unspecified atom stereocenters. The van der Waals surface area contributed by atoms with Gasteiger partial charge in [0, 0.05) is 10.7 Å². The Hall–Kier alpha value is -1.51. The van der Waals surface area contributed by atoms with Gasteiger partial charge in [0.05, 0.1) is 11.8 Å². The van der Waals surface area contributed by atoms with E-state index in [0.29, 0.717) is 17.9 Å². The fraction of sp³-hybridized carbons (Fsp3) is 0.235. The van der Waals surface area contributed by atoms with E-state index in [-0.39, 0.29) is 11.3 Å². The molecule has 2 nitrogen and oxygen atoms in total. The van der Waals surface area contributed by atoms with Crippen molar-refractivity contribution in [3.05, 3.63) is 63.7 Å². The molecule has 0 spiro atoms. The number of carbonyl (C=O) groups is 1. The Balaban J connectivity index is 1.87. The Bertz CT molecular complexity index is 712. The second kappa shape index (κ2) is 5.70. The van der Waals surface area contributed by atoms with Gasteiger partial charge in [0.2, 0.25) is 5.91 Å². The van der Waals surface area contributed by atoms with Crippen LogP contribution in [0, 0.1) is 6.92 Å². The van der Waals surface area contributed by atoms with Crippen molar-refractivity contribution in [2.45, 2.75) is 25.1 Å². The number of aryl methyl sites for hydroxylation is 1. The van der Waals surface area contributed by atoms with Crippen molar-refractivity contribution >= 4 is 34.8 Å². The molecule has 108 valence electrons. The van der Waals surface area contributed by atoms with Gasteiger partial charge in [-0.05, 0) is 36.1 Å². The number of alkyl halides is 1. The average molecular weight is 320 g/mol. The standard InChI is InChI=1S/C17H15Cl2NO/c1-10-3-2-4-11(5-10)6-14(18)13-7-12-8-17(21)20-16(12)9-15(13)19/h2-5,7,9,14H,6,8H2,1H3,(H,20,21). The van der Waals surface area contributed by atoms with Crippen LogP contribution in [0.15, 0.2) is 36.4 Å². The second-order valence-corrected chi connectivity index (χ2v) is 6.35. The van der Waals surface area contributed by atoms with Gasteiger partial charge in [-0.2, -0.15) is 0 Å². The lowest BCUT2D eigenvalue weighted by molar-refractivity contribution is -0.115. The Labute approximate surface area is 134 Å². The van der Waals surface area contributed by atoms with E-state index in [1.54, 1.807) is 6.07 Å². The number of hydrogen-bond donors (Lipinski definition) is 1. The van der Waals surface area contributed by atoms with Crippen molar-refractivity contribution in [3.63, 3.8) is 0 Å². The minimum atomic E-state index is -0.208. The normalized spacial score (nSPS) is 14.7. The highest BCUT2D eigenvalue weighted by molar-refractivity contribution is 6.33. The summed E-state index contributed by atoms with van der Waals surface area (Å²) >= 11 is 12.9. The van der Waals surface area contributed by atoms with Gasteiger partial charge in [-0.1, -0.05) is 47.5 Å². The monoisotopic (exact) mass is 319 g/mol. The summed E-state index contributed by atoms with van der Waals surface area (Å²) in [5, 5.41) is 3.19. The maximum Gasteiger partial charge on any atom is 0.228 e. The number of anilines is 1. The molecule has 3 rings (SSSR count). The quantitative estimate of drug-likeness (QED) is 0.819. The van der Waals surface area contributed by atoms with E-state index in [4.69, 9.17) is 23.2 Å². The van der Waals surface area contributed by atoms with Crippen LogP contribution in [0.5, 0.6) is 0 Å². The van der Waals surface area contributed by atoms with Crippen LogP contribution in [0.4, 0.5) is 5.69 Å². The molecule has 0 bridgehead atoms. The molecular weight excluding hydrogens is 305 g/mol. The van der Waals surface area contributed by atoms with Crippen molar-refractivity contribution in [1.82, 2.24) is 0 Å². The smallest absolute Gasteiger partial charge is 0.228 e. The van der Waals surface area contributed by atoms with E-state index in [1.807, 2.05) is 12.1 Å². The van der Waals surface area contributed by atoms with E-state index in [2.05, 4.69) is 30.4 Å². The molecule has 1 heterocycles. The molecule has 0 fully saturated rings. The second-order valence-electron chi connectivity index (χ2n) is 5.42. The highest BCUT2D eigenvalue weighted by atomic mass is 35.5. The van der Waals surface area contributed by atoms with Crippen molar-refractivity contribution in [3.8, 4) is 0 Å². The summed E-state index contributed by atoms with van der Waals surface area (Å²) in [6, 6.07) is 12.0. The summed E-state index contributed by atoms with van der Waals surface area (Å²) < 4.78 is 0. The number of benzene rings is 2. The van der Waals surface area contributed by atoms with E-state index < -0.39 is 0 Å². The number of amides is 1. The third-order valence-corrected chi connectivity index (χ3v) is 4.40. The molecule has 1 aliphatic heterocycles. The summed E-state index contributed by atoms with van der Waals surface area (Å²) in [5.41, 5.74) is 5.05. The number of nitrogens with one attached hydrogen (secondary N) is 1. The zero-order valence-corrected chi connectivity index (χ0v) is 13.1. The number of hydrogen-bond acceptors (Lipinski definition) is 1. The Morgan fingerprint density at radius 3 is 2.86 bits per heavy atom. The van der Waals surface area contributed by atoms with E-state index in [0.717, 1.165) is 16.8 Å². The van der Waals surface area contributed by atoms with Gasteiger partial charge in [0.25, 0.3) is 0 Å². The molecule has 0 saturated carbocycles. The molecule has 2 aromatic carbocycles. The number of rotatable bonds is 3. The fourth-order valence-electron chi connectivity index (χ4n) is 2.66. The minimum absolute atomic E-state index is 0.00280. The largest absolute Gasteiger partial charge is 0.325 e. The van der Waals surface area contributed by atoms with Gasteiger partial charge in [0.15, 0.2) is 0 Å². The highest BCUT2D eigenvalue weighted by Gasteiger charge is 2.22. The molecule has 4 heteroatoms. The Morgan fingerprint density at radius 1 is 1.29 bits per heavy atom. The van der Waals surface area contributed by atoms with Crippen LogP contribution in [0.25, 0.3) is 0 Å². The van der Waals surface area contributed by atoms with Gasteiger partial charge in [-0.25, -0.2) is 0 Å². The summed E-state index contributed by atoms with van der Waals surface area (Å²) in [6.07, 6.45) is 1.11. The van der Waals surface area contributed by atoms with Crippen LogP contribution >= 0.6 is 23.2 Å². The molecule has 21 heavy (non-hydrogen) atoms. The predicted octanol–water partition coefficient (Wildman–Crippen LogP) is 4.67. The molecular formula is C17H15Cl2NO. The van der Waals surface area contributed by atoms with E-state index in [9.17, 15) is 4.79 Å². The Kier molecular flexibility index (Phi) is 3.92. The predicted molar refractivity (Wildman–Crippen MR) is 87.3 cm³/mol. The SMILES string of the molecule is Cc1cccc(CC(Cl)c2cc3c(cc2Cl)NC(=O)C3)c1. The molecule has 0 aromatic heterocycles. The summed E-state index contributed by atoms with van der Waals surface area (Å²) in [6.45, 7) is 2.06. The lowest BCUT2D eigenvalue weighted by Gasteiger charge is -2.14. The van der Waals surface area contributed by atoms with Crippen LogP contribution in [-0.2, 0) is 17.6 Å². The fourth-order valence-corrected chi connectivity index (χ4v) is 3.37. The molecule has 2 aromatic rings. The van der Waals surface area contributed by atoms with Gasteiger partial charge >= 0.3 is 0 Å². The maximum atomic E-state index is 11.4. The van der Waals surface area contributed by atoms with Crippen molar-refractivity contribution in [2.75, 3.05) is 5.32 Å². The summed E-state index contributed by atoms with van der Waals surface area (Å²) in [7, 11) is 0.